The summed E-state index contributed by atoms with van der Waals surface area (Å²) in [6, 6.07) is 0. The largest absolute Gasteiger partial charge is 0.407 e. The van der Waals surface area contributed by atoms with Crippen LogP contribution in [0.25, 0.3) is 0 Å². The molecular weight excluding hydrogens is 171 g/mol. The van der Waals surface area contributed by atoms with Gasteiger partial charge in [-0.3, -0.25) is 10.1 Å². The van der Waals surface area contributed by atoms with Gasteiger partial charge in [0.25, 0.3) is 0 Å². The Balaban J connectivity index is 2.42. The molecule has 0 amide bonds. The predicted molar refractivity (Wildman–Crippen MR) is 37.1 cm³/mol. The molecule has 1 rings (SSSR count). The van der Waals surface area contributed by atoms with E-state index in [4.69, 9.17) is 0 Å². The van der Waals surface area contributed by atoms with Crippen LogP contribution in [0, 0.1) is 0 Å². The number of nitrogens with one attached hydrogen (secondary N) is 1. The van der Waals surface area contributed by atoms with Crippen LogP contribution in [-0.4, -0.2) is 29.1 Å². The van der Waals surface area contributed by atoms with Gasteiger partial charge in [0.1, 0.15) is 6.54 Å². The Morgan fingerprint density at radius 3 is 2.83 bits per heavy atom. The number of rotatable bonds is 2. The van der Waals surface area contributed by atoms with Crippen molar-refractivity contribution in [2.45, 2.75) is 6.18 Å². The van der Waals surface area contributed by atoms with Crippen molar-refractivity contribution >= 4 is 6.21 Å². The summed E-state index contributed by atoms with van der Waals surface area (Å²) in [5.74, 6) is 0. The van der Waals surface area contributed by atoms with Crippen LogP contribution in [0.4, 0.5) is 13.2 Å². The molecule has 0 saturated heterocycles. The fourth-order valence-corrected chi connectivity index (χ4v) is 0.586. The van der Waals surface area contributed by atoms with E-state index >= 15 is 0 Å². The monoisotopic (exact) mass is 177 g/mol. The molecule has 6 heteroatoms. The highest BCUT2D eigenvalue weighted by atomic mass is 19.4. The first-order chi connectivity index (χ1) is 5.58. The zero-order chi connectivity index (χ0) is 9.03. The third-order valence-corrected chi connectivity index (χ3v) is 1.03. The zero-order valence-corrected chi connectivity index (χ0v) is 5.97. The molecule has 0 fully saturated rings. The first kappa shape index (κ1) is 8.76. The second-order valence-corrected chi connectivity index (χ2v) is 2.12. The number of hydrogen-bond donors (Lipinski definition) is 1. The van der Waals surface area contributed by atoms with Gasteiger partial charge in [0.05, 0.1) is 6.20 Å². The highest BCUT2D eigenvalue weighted by Gasteiger charge is 2.25. The second kappa shape index (κ2) is 3.38. The average Bonchev–Trinajstić information content (AvgIpc) is 2.36. The number of alkyl halides is 3. The molecule has 0 aliphatic rings. The molecule has 1 heterocycles. The van der Waals surface area contributed by atoms with Crippen molar-refractivity contribution in [2.75, 3.05) is 6.54 Å². The minimum atomic E-state index is -4.24. The van der Waals surface area contributed by atoms with Crippen molar-refractivity contribution in [3.05, 3.63) is 18.0 Å². The topological polar surface area (TPSA) is 41.0 Å². The standard InChI is InChI=1S/C6H6F3N3/c7-6(8,9)4-10-1-5-2-11-12-3-5/h1-3H,4H2,(H,11,12)/b10-1+. The number of aromatic nitrogens is 2. The van der Waals surface area contributed by atoms with E-state index in [1.165, 1.54) is 12.4 Å². The minimum absolute atomic E-state index is 0.527. The van der Waals surface area contributed by atoms with Crippen molar-refractivity contribution in [2.24, 2.45) is 4.99 Å². The Hall–Kier alpha value is -1.33. The number of aromatic amines is 1. The molecule has 1 N–H and O–H groups in total. The van der Waals surface area contributed by atoms with Gasteiger partial charge in [-0.15, -0.1) is 0 Å². The lowest BCUT2D eigenvalue weighted by Gasteiger charge is -1.98. The molecule has 3 nitrogen and oxygen atoms in total. The van der Waals surface area contributed by atoms with Gasteiger partial charge in [-0.05, 0) is 0 Å². The van der Waals surface area contributed by atoms with Crippen molar-refractivity contribution in [1.82, 2.24) is 10.2 Å². The van der Waals surface area contributed by atoms with E-state index in [1.807, 2.05) is 0 Å². The summed E-state index contributed by atoms with van der Waals surface area (Å²) in [4.78, 5) is 3.18. The van der Waals surface area contributed by atoms with Gasteiger partial charge in [-0.1, -0.05) is 0 Å². The molecule has 1 aromatic rings. The number of halogens is 3. The lowest BCUT2D eigenvalue weighted by atomic mass is 10.4. The van der Waals surface area contributed by atoms with Gasteiger partial charge in [-0.2, -0.15) is 18.3 Å². The second-order valence-electron chi connectivity index (χ2n) is 2.12. The Morgan fingerprint density at radius 1 is 1.58 bits per heavy atom. The minimum Gasteiger partial charge on any atom is -0.285 e. The van der Waals surface area contributed by atoms with Crippen LogP contribution in [0.1, 0.15) is 5.56 Å². The Kier molecular flexibility index (Phi) is 2.47. The quantitative estimate of drug-likeness (QED) is 0.681. The lowest BCUT2D eigenvalue weighted by molar-refractivity contribution is -0.118. The van der Waals surface area contributed by atoms with E-state index in [1.54, 1.807) is 0 Å². The van der Waals surface area contributed by atoms with Crippen LogP contribution in [0.2, 0.25) is 0 Å². The smallest absolute Gasteiger partial charge is 0.285 e. The van der Waals surface area contributed by atoms with Gasteiger partial charge < -0.3 is 0 Å². The SMILES string of the molecule is FC(F)(F)C/N=C/c1cn[nH]c1. The summed E-state index contributed by atoms with van der Waals surface area (Å²) in [7, 11) is 0. The molecule has 0 unspecified atom stereocenters. The fourth-order valence-electron chi connectivity index (χ4n) is 0.586. The van der Waals surface area contributed by atoms with Crippen LogP contribution in [0.3, 0.4) is 0 Å². The van der Waals surface area contributed by atoms with Crippen LogP contribution >= 0.6 is 0 Å². The summed E-state index contributed by atoms with van der Waals surface area (Å²) in [6.45, 7) is -1.15. The highest BCUT2D eigenvalue weighted by molar-refractivity contribution is 5.78. The first-order valence-electron chi connectivity index (χ1n) is 3.13. The molecule has 0 radical (unpaired) electrons. The predicted octanol–water partition coefficient (Wildman–Crippen LogP) is 1.39. The highest BCUT2D eigenvalue weighted by Crippen LogP contribution is 2.13. The average molecular weight is 177 g/mol. The van der Waals surface area contributed by atoms with Crippen molar-refractivity contribution in [3.8, 4) is 0 Å². The molecule has 0 aliphatic heterocycles. The molecule has 0 aromatic carbocycles. The summed E-state index contributed by atoms with van der Waals surface area (Å²) in [6.07, 6.45) is -0.267. The molecule has 0 bridgehead atoms. The third kappa shape index (κ3) is 3.18. The summed E-state index contributed by atoms with van der Waals surface area (Å²) in [5.41, 5.74) is 0.527. The normalized spacial score (nSPS) is 12.6. The number of nitrogens with zero attached hydrogens (tertiary/aromatic N) is 2. The number of aliphatic imine (C=N–C) groups is 1. The molecule has 0 spiro atoms. The Morgan fingerprint density at radius 2 is 2.33 bits per heavy atom. The van der Waals surface area contributed by atoms with Gasteiger partial charge in [0.15, 0.2) is 0 Å². The maximum atomic E-state index is 11.5. The zero-order valence-electron chi connectivity index (χ0n) is 5.97. The first-order valence-corrected chi connectivity index (χ1v) is 3.13. The maximum Gasteiger partial charge on any atom is 0.407 e. The van der Waals surface area contributed by atoms with E-state index < -0.39 is 12.7 Å². The van der Waals surface area contributed by atoms with E-state index in [0.717, 1.165) is 6.21 Å². The number of H-pyrrole nitrogens is 1. The van der Waals surface area contributed by atoms with Crippen molar-refractivity contribution < 1.29 is 13.2 Å². The van der Waals surface area contributed by atoms with Crippen LogP contribution in [0.15, 0.2) is 17.4 Å². The van der Waals surface area contributed by atoms with Gasteiger partial charge in [-0.25, -0.2) is 0 Å². The molecule has 0 aliphatic carbocycles. The summed E-state index contributed by atoms with van der Waals surface area (Å²) in [5, 5.41) is 5.99. The molecule has 12 heavy (non-hydrogen) atoms. The maximum absolute atomic E-state index is 11.5. The molecule has 1 aromatic heterocycles. The van der Waals surface area contributed by atoms with E-state index in [9.17, 15) is 13.2 Å². The molecule has 0 saturated carbocycles. The third-order valence-electron chi connectivity index (χ3n) is 1.03. The van der Waals surface area contributed by atoms with Crippen molar-refractivity contribution in [3.63, 3.8) is 0 Å². The van der Waals surface area contributed by atoms with Gasteiger partial charge in [0.2, 0.25) is 0 Å². The van der Waals surface area contributed by atoms with Crippen molar-refractivity contribution in [1.29, 1.82) is 0 Å². The van der Waals surface area contributed by atoms with Gasteiger partial charge in [0, 0.05) is 18.0 Å². The van der Waals surface area contributed by atoms with E-state index in [-0.39, 0.29) is 0 Å². The Bertz CT molecular complexity index is 250. The molecular formula is C6H6F3N3. The van der Waals surface area contributed by atoms with E-state index in [0.29, 0.717) is 5.56 Å². The van der Waals surface area contributed by atoms with Crippen LogP contribution in [-0.2, 0) is 0 Å². The molecule has 0 atom stereocenters. The fraction of sp³-hybridized carbons (Fsp3) is 0.333. The molecule has 66 valence electrons. The lowest BCUT2D eigenvalue weighted by Crippen LogP contribution is -2.11. The Labute approximate surface area is 66.3 Å². The van der Waals surface area contributed by atoms with Gasteiger partial charge >= 0.3 is 6.18 Å². The van der Waals surface area contributed by atoms with Crippen LogP contribution < -0.4 is 0 Å². The number of hydrogen-bond acceptors (Lipinski definition) is 2. The summed E-state index contributed by atoms with van der Waals surface area (Å²) >= 11 is 0. The van der Waals surface area contributed by atoms with Crippen LogP contribution in [0.5, 0.6) is 0 Å². The summed E-state index contributed by atoms with van der Waals surface area (Å²) < 4.78 is 34.6. The van der Waals surface area contributed by atoms with E-state index in [2.05, 4.69) is 15.2 Å².